The molecule has 0 spiro atoms. The molecule has 1 heterocycles. The standard InChI is InChI=1S/C25H31N3O3/c1-15(2)24(30)27-20-7-6-8-21(13-20)28-14-19(12-23(28)29)25(31)26-18(5)22-10-9-16(3)11-17(22)4/h6-11,13,15,18-19H,12,14H2,1-5H3,(H,26,31)(H,27,30)/t18-,19+/m1/s1. The Morgan fingerprint density at radius 3 is 2.48 bits per heavy atom. The summed E-state index contributed by atoms with van der Waals surface area (Å²) in [6.07, 6.45) is 0.175. The van der Waals surface area contributed by atoms with Gasteiger partial charge in [-0.05, 0) is 50.1 Å². The lowest BCUT2D eigenvalue weighted by molar-refractivity contribution is -0.126. The molecule has 31 heavy (non-hydrogen) atoms. The molecule has 0 saturated carbocycles. The number of anilines is 2. The summed E-state index contributed by atoms with van der Waals surface area (Å²) in [5, 5.41) is 5.92. The first-order valence-electron chi connectivity index (χ1n) is 10.7. The Balaban J connectivity index is 1.67. The highest BCUT2D eigenvalue weighted by Gasteiger charge is 2.35. The molecule has 0 aliphatic carbocycles. The lowest BCUT2D eigenvalue weighted by Crippen LogP contribution is -2.34. The van der Waals surface area contributed by atoms with E-state index in [4.69, 9.17) is 0 Å². The molecular weight excluding hydrogens is 390 g/mol. The third kappa shape index (κ3) is 5.32. The van der Waals surface area contributed by atoms with Crippen molar-refractivity contribution in [2.45, 2.75) is 47.1 Å². The molecule has 2 aromatic rings. The first-order valence-corrected chi connectivity index (χ1v) is 10.7. The van der Waals surface area contributed by atoms with Crippen LogP contribution in [-0.2, 0) is 14.4 Å². The van der Waals surface area contributed by atoms with Crippen LogP contribution in [0.2, 0.25) is 0 Å². The number of amides is 3. The average Bonchev–Trinajstić information content (AvgIpc) is 3.09. The highest BCUT2D eigenvalue weighted by atomic mass is 16.2. The van der Waals surface area contributed by atoms with Gasteiger partial charge in [0.25, 0.3) is 0 Å². The number of nitrogens with zero attached hydrogens (tertiary/aromatic N) is 1. The first kappa shape index (κ1) is 22.5. The van der Waals surface area contributed by atoms with Crippen LogP contribution in [0.25, 0.3) is 0 Å². The first-order chi connectivity index (χ1) is 14.7. The van der Waals surface area contributed by atoms with E-state index in [1.807, 2.05) is 52.8 Å². The summed E-state index contributed by atoms with van der Waals surface area (Å²) in [7, 11) is 0. The van der Waals surface area contributed by atoms with Gasteiger partial charge in [0.1, 0.15) is 0 Å². The Hall–Kier alpha value is -3.15. The van der Waals surface area contributed by atoms with Crippen LogP contribution in [0.3, 0.4) is 0 Å². The molecule has 0 aromatic heterocycles. The van der Waals surface area contributed by atoms with Crippen LogP contribution >= 0.6 is 0 Å². The normalized spacial score (nSPS) is 17.0. The van der Waals surface area contributed by atoms with E-state index in [0.717, 1.165) is 11.1 Å². The summed E-state index contributed by atoms with van der Waals surface area (Å²) in [5.74, 6) is -0.833. The minimum atomic E-state index is -0.408. The van der Waals surface area contributed by atoms with Gasteiger partial charge < -0.3 is 15.5 Å². The number of nitrogens with one attached hydrogen (secondary N) is 2. The Bertz CT molecular complexity index is 999. The van der Waals surface area contributed by atoms with Crippen LogP contribution in [0.15, 0.2) is 42.5 Å². The highest BCUT2D eigenvalue weighted by molar-refractivity contribution is 6.01. The number of hydrogen-bond donors (Lipinski definition) is 2. The van der Waals surface area contributed by atoms with Gasteiger partial charge in [0.2, 0.25) is 17.7 Å². The summed E-state index contributed by atoms with van der Waals surface area (Å²) in [6.45, 7) is 10.0. The molecule has 1 fully saturated rings. The fourth-order valence-corrected chi connectivity index (χ4v) is 3.89. The summed E-state index contributed by atoms with van der Waals surface area (Å²) < 4.78 is 0. The van der Waals surface area contributed by atoms with Gasteiger partial charge in [-0.25, -0.2) is 0 Å². The maximum absolute atomic E-state index is 12.9. The molecule has 0 bridgehead atoms. The Morgan fingerprint density at radius 2 is 1.81 bits per heavy atom. The number of carbonyl (C=O) groups is 3. The van der Waals surface area contributed by atoms with Crippen LogP contribution in [0.1, 0.15) is 49.9 Å². The van der Waals surface area contributed by atoms with Gasteiger partial charge in [-0.1, -0.05) is 43.7 Å². The minimum absolute atomic E-state index is 0.0810. The van der Waals surface area contributed by atoms with Crippen molar-refractivity contribution in [3.8, 4) is 0 Å². The topological polar surface area (TPSA) is 78.5 Å². The Kier molecular flexibility index (Phi) is 6.78. The fraction of sp³-hybridized carbons (Fsp3) is 0.400. The van der Waals surface area contributed by atoms with Gasteiger partial charge in [-0.2, -0.15) is 0 Å². The van der Waals surface area contributed by atoms with E-state index in [0.29, 0.717) is 17.9 Å². The molecule has 2 N–H and O–H groups in total. The average molecular weight is 422 g/mol. The molecular formula is C25H31N3O3. The Morgan fingerprint density at radius 1 is 1.06 bits per heavy atom. The molecule has 3 rings (SSSR count). The van der Waals surface area contributed by atoms with Gasteiger partial charge in [0.05, 0.1) is 12.0 Å². The summed E-state index contributed by atoms with van der Waals surface area (Å²) in [6, 6.07) is 13.2. The monoisotopic (exact) mass is 421 g/mol. The number of carbonyl (C=O) groups excluding carboxylic acids is 3. The van der Waals surface area contributed by atoms with Crippen molar-refractivity contribution in [3.05, 3.63) is 59.2 Å². The van der Waals surface area contributed by atoms with E-state index in [1.165, 1.54) is 5.56 Å². The zero-order valence-corrected chi connectivity index (χ0v) is 18.9. The maximum atomic E-state index is 12.9. The predicted octanol–water partition coefficient (Wildman–Crippen LogP) is 4.13. The van der Waals surface area contributed by atoms with Crippen molar-refractivity contribution in [3.63, 3.8) is 0 Å². The van der Waals surface area contributed by atoms with Crippen molar-refractivity contribution in [1.82, 2.24) is 5.32 Å². The summed E-state index contributed by atoms with van der Waals surface area (Å²) in [4.78, 5) is 39.1. The number of rotatable bonds is 6. The van der Waals surface area contributed by atoms with Gasteiger partial charge in [-0.15, -0.1) is 0 Å². The number of benzene rings is 2. The molecule has 1 aliphatic heterocycles. The second-order valence-corrected chi connectivity index (χ2v) is 8.69. The smallest absolute Gasteiger partial charge is 0.227 e. The highest BCUT2D eigenvalue weighted by Crippen LogP contribution is 2.28. The maximum Gasteiger partial charge on any atom is 0.227 e. The van der Waals surface area contributed by atoms with E-state index in [9.17, 15) is 14.4 Å². The summed E-state index contributed by atoms with van der Waals surface area (Å²) in [5.41, 5.74) is 4.72. The fourth-order valence-electron chi connectivity index (χ4n) is 3.89. The van der Waals surface area contributed by atoms with Gasteiger partial charge in [0.15, 0.2) is 0 Å². The molecule has 0 unspecified atom stereocenters. The van der Waals surface area contributed by atoms with E-state index in [1.54, 1.807) is 23.1 Å². The quantitative estimate of drug-likeness (QED) is 0.736. The molecule has 1 saturated heterocycles. The molecule has 1 aliphatic rings. The third-order valence-corrected chi connectivity index (χ3v) is 5.70. The lowest BCUT2D eigenvalue weighted by Gasteiger charge is -2.20. The zero-order valence-electron chi connectivity index (χ0n) is 18.9. The lowest BCUT2D eigenvalue weighted by atomic mass is 9.99. The minimum Gasteiger partial charge on any atom is -0.349 e. The Labute approximate surface area is 184 Å². The van der Waals surface area contributed by atoms with Crippen LogP contribution in [0.4, 0.5) is 11.4 Å². The zero-order chi connectivity index (χ0) is 22.7. The predicted molar refractivity (Wildman–Crippen MR) is 123 cm³/mol. The second kappa shape index (κ2) is 9.33. The van der Waals surface area contributed by atoms with E-state index < -0.39 is 5.92 Å². The molecule has 6 heteroatoms. The van der Waals surface area contributed by atoms with Gasteiger partial charge in [0, 0.05) is 30.3 Å². The molecule has 0 radical (unpaired) electrons. The SMILES string of the molecule is Cc1ccc([C@@H](C)NC(=O)[C@H]2CC(=O)N(c3cccc(NC(=O)C(C)C)c3)C2)c(C)c1. The van der Waals surface area contributed by atoms with Crippen molar-refractivity contribution in [1.29, 1.82) is 0 Å². The van der Waals surface area contributed by atoms with Crippen molar-refractivity contribution < 1.29 is 14.4 Å². The van der Waals surface area contributed by atoms with Crippen LogP contribution < -0.4 is 15.5 Å². The molecule has 164 valence electrons. The largest absolute Gasteiger partial charge is 0.349 e. The van der Waals surface area contributed by atoms with Crippen molar-refractivity contribution >= 4 is 29.1 Å². The van der Waals surface area contributed by atoms with Gasteiger partial charge in [-0.3, -0.25) is 14.4 Å². The summed E-state index contributed by atoms with van der Waals surface area (Å²) >= 11 is 0. The second-order valence-electron chi connectivity index (χ2n) is 8.69. The van der Waals surface area contributed by atoms with Crippen molar-refractivity contribution in [2.75, 3.05) is 16.8 Å². The van der Waals surface area contributed by atoms with Crippen LogP contribution in [-0.4, -0.2) is 24.3 Å². The van der Waals surface area contributed by atoms with E-state index in [-0.39, 0.29) is 36.1 Å². The molecule has 2 aromatic carbocycles. The number of aryl methyl sites for hydroxylation is 2. The van der Waals surface area contributed by atoms with Crippen molar-refractivity contribution in [2.24, 2.45) is 11.8 Å². The molecule has 3 amide bonds. The van der Waals surface area contributed by atoms with E-state index in [2.05, 4.69) is 16.7 Å². The molecule has 2 atom stereocenters. The van der Waals surface area contributed by atoms with Crippen LogP contribution in [0.5, 0.6) is 0 Å². The molecule has 6 nitrogen and oxygen atoms in total. The van der Waals surface area contributed by atoms with Crippen LogP contribution in [0, 0.1) is 25.7 Å². The van der Waals surface area contributed by atoms with E-state index >= 15 is 0 Å². The number of hydrogen-bond acceptors (Lipinski definition) is 3. The van der Waals surface area contributed by atoms with Gasteiger partial charge >= 0.3 is 0 Å². The third-order valence-electron chi connectivity index (χ3n) is 5.70.